The number of para-hydroxylation sites is 1. The molecule has 5 heteroatoms. The molecule has 0 fully saturated rings. The van der Waals surface area contributed by atoms with Gasteiger partial charge in [0.1, 0.15) is 5.75 Å². The van der Waals surface area contributed by atoms with Crippen molar-refractivity contribution in [2.45, 2.75) is 0 Å². The lowest BCUT2D eigenvalue weighted by Gasteiger charge is -2.05. The lowest BCUT2D eigenvalue weighted by molar-refractivity contribution is 0.0956. The van der Waals surface area contributed by atoms with Gasteiger partial charge in [-0.15, -0.1) is 0 Å². The van der Waals surface area contributed by atoms with Gasteiger partial charge in [0, 0.05) is 17.1 Å². The number of hydrogen-bond acceptors (Lipinski definition) is 3. The van der Waals surface area contributed by atoms with Gasteiger partial charge in [0.2, 0.25) is 0 Å². The Morgan fingerprint density at radius 1 is 1.00 bits per heavy atom. The largest absolute Gasteiger partial charge is 0.507 e. The Morgan fingerprint density at radius 2 is 1.84 bits per heavy atom. The van der Waals surface area contributed by atoms with Crippen LogP contribution in [-0.2, 0) is 0 Å². The maximum atomic E-state index is 12.4. The van der Waals surface area contributed by atoms with Crippen molar-refractivity contribution < 1.29 is 9.90 Å². The normalized spacial score (nSPS) is 11.4. The Morgan fingerprint density at radius 3 is 2.76 bits per heavy atom. The molecule has 0 aliphatic rings. The van der Waals surface area contributed by atoms with Crippen molar-refractivity contribution in [3.63, 3.8) is 0 Å². The van der Waals surface area contributed by atoms with E-state index in [1.54, 1.807) is 18.3 Å². The van der Waals surface area contributed by atoms with E-state index in [4.69, 9.17) is 0 Å². The van der Waals surface area contributed by atoms with Gasteiger partial charge in [0.25, 0.3) is 5.91 Å². The maximum absolute atomic E-state index is 12.4. The van der Waals surface area contributed by atoms with Gasteiger partial charge in [-0.3, -0.25) is 4.79 Å². The minimum Gasteiger partial charge on any atom is -0.507 e. The fourth-order valence-corrected chi connectivity index (χ4v) is 2.91. The molecule has 25 heavy (non-hydrogen) atoms. The van der Waals surface area contributed by atoms with Crippen LogP contribution in [0.5, 0.6) is 5.75 Å². The zero-order valence-electron chi connectivity index (χ0n) is 13.2. The number of benzene rings is 3. The summed E-state index contributed by atoms with van der Waals surface area (Å²) >= 11 is 0. The summed E-state index contributed by atoms with van der Waals surface area (Å²) in [6, 6.07) is 18.5. The molecular weight excluding hydrogens is 314 g/mol. The van der Waals surface area contributed by atoms with Crippen LogP contribution in [0.3, 0.4) is 0 Å². The molecule has 4 aromatic rings. The highest BCUT2D eigenvalue weighted by Crippen LogP contribution is 2.25. The second-order valence-corrected chi connectivity index (χ2v) is 5.67. The first-order chi connectivity index (χ1) is 12.2. The molecule has 5 nitrogen and oxygen atoms in total. The number of carbonyl (C=O) groups is 1. The molecule has 4 rings (SSSR count). The summed E-state index contributed by atoms with van der Waals surface area (Å²) in [5.41, 5.74) is 4.37. The smallest absolute Gasteiger partial charge is 0.273 e. The van der Waals surface area contributed by atoms with Crippen LogP contribution in [0.1, 0.15) is 15.9 Å². The van der Waals surface area contributed by atoms with Crippen LogP contribution < -0.4 is 5.43 Å². The van der Waals surface area contributed by atoms with E-state index in [0.717, 1.165) is 21.7 Å². The van der Waals surface area contributed by atoms with Gasteiger partial charge in [-0.1, -0.05) is 42.5 Å². The Labute approximate surface area is 143 Å². The molecule has 1 aromatic heterocycles. The SMILES string of the molecule is O=C(NN=Cc1c(O)ccc2ccccc12)c1cccc2cc[nH]c12. The number of hydrazone groups is 1. The van der Waals surface area contributed by atoms with Crippen LogP contribution in [0, 0.1) is 0 Å². The molecule has 3 N–H and O–H groups in total. The molecule has 0 atom stereocenters. The van der Waals surface area contributed by atoms with Gasteiger partial charge in [0.05, 0.1) is 17.3 Å². The number of amides is 1. The number of aromatic hydroxyl groups is 1. The summed E-state index contributed by atoms with van der Waals surface area (Å²) in [5, 5.41) is 16.9. The highest BCUT2D eigenvalue weighted by molar-refractivity contribution is 6.06. The molecule has 0 saturated heterocycles. The molecule has 0 unspecified atom stereocenters. The molecule has 0 aliphatic carbocycles. The van der Waals surface area contributed by atoms with Crippen molar-refractivity contribution >= 4 is 33.8 Å². The second kappa shape index (κ2) is 6.13. The van der Waals surface area contributed by atoms with Gasteiger partial charge in [-0.05, 0) is 29.0 Å². The average molecular weight is 329 g/mol. The zero-order valence-corrected chi connectivity index (χ0v) is 13.2. The third-order valence-corrected chi connectivity index (χ3v) is 4.14. The van der Waals surface area contributed by atoms with E-state index >= 15 is 0 Å². The summed E-state index contributed by atoms with van der Waals surface area (Å²) in [7, 11) is 0. The molecule has 1 amide bonds. The molecule has 1 heterocycles. The Hall–Kier alpha value is -3.60. The van der Waals surface area contributed by atoms with E-state index < -0.39 is 0 Å². The number of H-pyrrole nitrogens is 1. The first-order valence-corrected chi connectivity index (χ1v) is 7.84. The number of phenolic OH excluding ortho intramolecular Hbond substituents is 1. The highest BCUT2D eigenvalue weighted by atomic mass is 16.3. The van der Waals surface area contributed by atoms with Crippen molar-refractivity contribution in [2.75, 3.05) is 0 Å². The van der Waals surface area contributed by atoms with Gasteiger partial charge in [-0.2, -0.15) is 5.10 Å². The monoisotopic (exact) mass is 329 g/mol. The van der Waals surface area contributed by atoms with Crippen LogP contribution >= 0.6 is 0 Å². The molecule has 0 spiro atoms. The summed E-state index contributed by atoms with van der Waals surface area (Å²) < 4.78 is 0. The summed E-state index contributed by atoms with van der Waals surface area (Å²) in [6.07, 6.45) is 3.25. The van der Waals surface area contributed by atoms with Gasteiger partial charge < -0.3 is 10.1 Å². The van der Waals surface area contributed by atoms with Crippen LogP contribution in [-0.4, -0.2) is 22.2 Å². The van der Waals surface area contributed by atoms with Gasteiger partial charge in [0.15, 0.2) is 0 Å². The maximum Gasteiger partial charge on any atom is 0.273 e. The predicted octanol–water partition coefficient (Wildman–Crippen LogP) is 3.79. The van der Waals surface area contributed by atoms with E-state index in [9.17, 15) is 9.90 Å². The molecule has 0 saturated carbocycles. The average Bonchev–Trinajstić information content (AvgIpc) is 3.12. The molecule has 122 valence electrons. The first-order valence-electron chi connectivity index (χ1n) is 7.84. The van der Waals surface area contributed by atoms with Gasteiger partial charge >= 0.3 is 0 Å². The molecular formula is C20H15N3O2. The molecule has 0 aliphatic heterocycles. The van der Waals surface area contributed by atoms with E-state index in [1.807, 2.05) is 48.5 Å². The van der Waals surface area contributed by atoms with Gasteiger partial charge in [-0.25, -0.2) is 5.43 Å². The van der Waals surface area contributed by atoms with Crippen LogP contribution in [0.2, 0.25) is 0 Å². The molecule has 0 radical (unpaired) electrons. The van der Waals surface area contributed by atoms with Crippen molar-refractivity contribution in [2.24, 2.45) is 5.10 Å². The first kappa shape index (κ1) is 15.0. The topological polar surface area (TPSA) is 77.5 Å². The Balaban J connectivity index is 1.62. The van der Waals surface area contributed by atoms with Crippen molar-refractivity contribution in [1.29, 1.82) is 0 Å². The minimum atomic E-state index is -0.316. The lowest BCUT2D eigenvalue weighted by Crippen LogP contribution is -2.18. The summed E-state index contributed by atoms with van der Waals surface area (Å²) in [6.45, 7) is 0. The molecule has 0 bridgehead atoms. The van der Waals surface area contributed by atoms with Crippen molar-refractivity contribution in [3.8, 4) is 5.75 Å². The van der Waals surface area contributed by atoms with E-state index in [0.29, 0.717) is 11.1 Å². The Bertz CT molecular complexity index is 1110. The van der Waals surface area contributed by atoms with Crippen molar-refractivity contribution in [3.05, 3.63) is 78.0 Å². The fraction of sp³-hybridized carbons (Fsp3) is 0. The van der Waals surface area contributed by atoms with E-state index in [-0.39, 0.29) is 11.7 Å². The Kier molecular flexibility index (Phi) is 3.67. The number of aromatic nitrogens is 1. The van der Waals surface area contributed by atoms with E-state index in [2.05, 4.69) is 15.5 Å². The number of nitrogens with zero attached hydrogens (tertiary/aromatic N) is 1. The third-order valence-electron chi connectivity index (χ3n) is 4.14. The summed E-state index contributed by atoms with van der Waals surface area (Å²) in [5.74, 6) is -0.202. The number of hydrogen-bond donors (Lipinski definition) is 3. The second-order valence-electron chi connectivity index (χ2n) is 5.67. The highest BCUT2D eigenvalue weighted by Gasteiger charge is 2.10. The number of fused-ring (bicyclic) bond motifs is 2. The fourth-order valence-electron chi connectivity index (χ4n) is 2.91. The lowest BCUT2D eigenvalue weighted by atomic mass is 10.0. The standard InChI is InChI=1S/C20H15N3O2/c24-18-9-8-13-4-1-2-6-15(13)17(18)12-22-23-20(25)16-7-3-5-14-10-11-21-19(14)16/h1-12,21,24H,(H,23,25). The number of rotatable bonds is 3. The number of nitrogens with one attached hydrogen (secondary N) is 2. The third kappa shape index (κ3) is 2.72. The quantitative estimate of drug-likeness (QED) is 0.395. The number of aromatic amines is 1. The number of carbonyl (C=O) groups excluding carboxylic acids is 1. The molecule has 3 aromatic carbocycles. The van der Waals surface area contributed by atoms with E-state index in [1.165, 1.54) is 6.21 Å². The summed E-state index contributed by atoms with van der Waals surface area (Å²) in [4.78, 5) is 15.4. The zero-order chi connectivity index (χ0) is 17.2. The van der Waals surface area contributed by atoms with Crippen LogP contribution in [0.15, 0.2) is 72.0 Å². The van der Waals surface area contributed by atoms with Crippen LogP contribution in [0.4, 0.5) is 0 Å². The predicted molar refractivity (Wildman–Crippen MR) is 99.0 cm³/mol. The minimum absolute atomic E-state index is 0.114. The van der Waals surface area contributed by atoms with Crippen LogP contribution in [0.25, 0.3) is 21.7 Å². The number of phenols is 1. The van der Waals surface area contributed by atoms with Crippen molar-refractivity contribution in [1.82, 2.24) is 10.4 Å².